The van der Waals surface area contributed by atoms with Gasteiger partial charge >= 0.3 is 5.97 Å². The number of methoxy groups -OCH3 is 1. The highest BCUT2D eigenvalue weighted by Crippen LogP contribution is 2.34. The molecule has 0 aromatic heterocycles. The monoisotopic (exact) mass is 463 g/mol. The minimum absolute atomic E-state index is 0.325. The van der Waals surface area contributed by atoms with Gasteiger partial charge < -0.3 is 4.74 Å². The zero-order valence-electron chi connectivity index (χ0n) is 18.0. The molecule has 0 saturated carbocycles. The first-order chi connectivity index (χ1) is 14.7. The van der Waals surface area contributed by atoms with Crippen molar-refractivity contribution in [2.75, 3.05) is 12.0 Å². The van der Waals surface area contributed by atoms with Crippen LogP contribution in [0.15, 0.2) is 42.5 Å². The van der Waals surface area contributed by atoms with E-state index in [9.17, 15) is 14.4 Å². The smallest absolute Gasteiger partial charge is 0.337 e. The molecule has 1 atom stereocenters. The van der Waals surface area contributed by atoms with Gasteiger partial charge in [0.25, 0.3) is 0 Å². The number of nitrogens with zero attached hydrogens (tertiary/aromatic N) is 1. The van der Waals surface area contributed by atoms with Gasteiger partial charge in [-0.15, -0.1) is 0 Å². The van der Waals surface area contributed by atoms with E-state index in [1.165, 1.54) is 19.2 Å². The molecule has 0 radical (unpaired) electrons. The number of esters is 1. The van der Waals surface area contributed by atoms with Gasteiger partial charge in [-0.25, -0.2) is 4.79 Å². The normalized spacial score (nSPS) is 12.7. The summed E-state index contributed by atoms with van der Waals surface area (Å²) in [4.78, 5) is 38.3. The quantitative estimate of drug-likeness (QED) is 0.242. The first-order valence-corrected chi connectivity index (χ1v) is 10.9. The van der Waals surface area contributed by atoms with Crippen molar-refractivity contribution < 1.29 is 19.1 Å². The largest absolute Gasteiger partial charge is 0.465 e. The average Bonchev–Trinajstić information content (AvgIpc) is 2.73. The molecule has 0 N–H and O–H groups in total. The van der Waals surface area contributed by atoms with E-state index in [0.29, 0.717) is 40.5 Å². The van der Waals surface area contributed by atoms with E-state index in [0.717, 1.165) is 29.7 Å². The lowest BCUT2D eigenvalue weighted by molar-refractivity contribution is -0.130. The summed E-state index contributed by atoms with van der Waals surface area (Å²) in [5.74, 6) is -0.743. The van der Waals surface area contributed by atoms with Gasteiger partial charge in [-0.05, 0) is 48.7 Å². The Morgan fingerprint density at radius 2 is 1.68 bits per heavy atom. The fourth-order valence-corrected chi connectivity index (χ4v) is 4.07. The number of hydrogen-bond donors (Lipinski definition) is 0. The number of rotatable bonds is 10. The summed E-state index contributed by atoms with van der Waals surface area (Å²) in [6.07, 6.45) is 4.37. The molecule has 0 heterocycles. The molecular formula is C24H27Cl2NO4. The van der Waals surface area contributed by atoms with Crippen LogP contribution in [0.5, 0.6) is 0 Å². The molecule has 7 heteroatoms. The van der Waals surface area contributed by atoms with Gasteiger partial charge in [0.1, 0.15) is 0 Å². The second kappa shape index (κ2) is 11.3. The SMILES string of the molecule is CCCCCC(C)(Cc1ccc(C(=O)OC)cc1)C(=O)N(C=O)c1cc(Cl)cc(Cl)c1. The lowest BCUT2D eigenvalue weighted by atomic mass is 9.77. The highest BCUT2D eigenvalue weighted by atomic mass is 35.5. The number of hydrogen-bond acceptors (Lipinski definition) is 4. The molecule has 0 saturated heterocycles. The van der Waals surface area contributed by atoms with Crippen molar-refractivity contribution in [3.05, 3.63) is 63.6 Å². The van der Waals surface area contributed by atoms with Crippen molar-refractivity contribution in [1.82, 2.24) is 0 Å². The molecule has 1 unspecified atom stereocenters. The molecule has 2 aromatic carbocycles. The number of carbonyl (C=O) groups is 3. The number of unbranched alkanes of at least 4 members (excludes halogenated alkanes) is 2. The van der Waals surface area contributed by atoms with Crippen LogP contribution < -0.4 is 4.90 Å². The maximum Gasteiger partial charge on any atom is 0.337 e. The van der Waals surface area contributed by atoms with Crippen LogP contribution in [-0.2, 0) is 20.7 Å². The first kappa shape index (κ1) is 24.9. The molecule has 5 nitrogen and oxygen atoms in total. The number of anilines is 1. The highest BCUT2D eigenvalue weighted by Gasteiger charge is 2.37. The van der Waals surface area contributed by atoms with Gasteiger partial charge in [0.15, 0.2) is 0 Å². The number of ether oxygens (including phenoxy) is 1. The molecule has 31 heavy (non-hydrogen) atoms. The van der Waals surface area contributed by atoms with E-state index in [1.54, 1.807) is 30.3 Å². The molecule has 0 aliphatic carbocycles. The average molecular weight is 464 g/mol. The fraction of sp³-hybridized carbons (Fsp3) is 0.375. The minimum Gasteiger partial charge on any atom is -0.465 e. The fourth-order valence-electron chi connectivity index (χ4n) is 3.56. The van der Waals surface area contributed by atoms with Crippen LogP contribution in [0.4, 0.5) is 5.69 Å². The predicted molar refractivity (Wildman–Crippen MR) is 124 cm³/mol. The second-order valence-corrected chi connectivity index (χ2v) is 8.66. The molecule has 166 valence electrons. The first-order valence-electron chi connectivity index (χ1n) is 10.2. The second-order valence-electron chi connectivity index (χ2n) is 7.79. The van der Waals surface area contributed by atoms with Crippen LogP contribution in [0.2, 0.25) is 10.0 Å². The topological polar surface area (TPSA) is 63.7 Å². The summed E-state index contributed by atoms with van der Waals surface area (Å²) in [5, 5.41) is 0.682. The molecule has 0 bridgehead atoms. The van der Waals surface area contributed by atoms with Crippen molar-refractivity contribution in [3.63, 3.8) is 0 Å². The van der Waals surface area contributed by atoms with E-state index in [-0.39, 0.29) is 5.91 Å². The van der Waals surface area contributed by atoms with Gasteiger partial charge in [-0.3, -0.25) is 14.5 Å². The summed E-state index contributed by atoms with van der Waals surface area (Å²) in [5.41, 5.74) is 0.820. The summed E-state index contributed by atoms with van der Waals surface area (Å²) >= 11 is 12.2. The third-order valence-electron chi connectivity index (χ3n) is 5.27. The van der Waals surface area contributed by atoms with Crippen molar-refractivity contribution >= 4 is 47.2 Å². The van der Waals surface area contributed by atoms with Crippen molar-refractivity contribution in [2.45, 2.75) is 46.0 Å². The van der Waals surface area contributed by atoms with Crippen molar-refractivity contribution in [3.8, 4) is 0 Å². The Morgan fingerprint density at radius 3 is 2.19 bits per heavy atom. The number of imide groups is 1. The molecule has 0 spiro atoms. The number of benzene rings is 2. The van der Waals surface area contributed by atoms with Gasteiger partial charge in [-0.1, -0.05) is 68.4 Å². The van der Waals surface area contributed by atoms with Crippen molar-refractivity contribution in [2.24, 2.45) is 5.41 Å². The lowest BCUT2D eigenvalue weighted by Crippen LogP contribution is -2.43. The summed E-state index contributed by atoms with van der Waals surface area (Å²) in [6.45, 7) is 3.96. The van der Waals surface area contributed by atoms with Gasteiger partial charge in [0.05, 0.1) is 23.8 Å². The maximum atomic E-state index is 13.6. The Kier molecular flexibility index (Phi) is 9.08. The zero-order valence-corrected chi connectivity index (χ0v) is 19.5. The van der Waals surface area contributed by atoms with Crippen LogP contribution in [0.1, 0.15) is 55.5 Å². The van der Waals surface area contributed by atoms with E-state index >= 15 is 0 Å². The Morgan fingerprint density at radius 1 is 1.06 bits per heavy atom. The van der Waals surface area contributed by atoms with Gasteiger partial charge in [0.2, 0.25) is 12.3 Å². The van der Waals surface area contributed by atoms with E-state index < -0.39 is 11.4 Å². The van der Waals surface area contributed by atoms with Crippen molar-refractivity contribution in [1.29, 1.82) is 0 Å². The van der Waals surface area contributed by atoms with Crippen LogP contribution in [0.3, 0.4) is 0 Å². The van der Waals surface area contributed by atoms with Crippen LogP contribution in [0, 0.1) is 5.41 Å². The maximum absolute atomic E-state index is 13.6. The van der Waals surface area contributed by atoms with Gasteiger partial charge in [0, 0.05) is 10.0 Å². The summed E-state index contributed by atoms with van der Waals surface area (Å²) < 4.78 is 4.73. The van der Waals surface area contributed by atoms with Crippen LogP contribution in [0.25, 0.3) is 0 Å². The number of halogens is 2. The number of carbonyl (C=O) groups excluding carboxylic acids is 3. The van der Waals surface area contributed by atoms with Crippen LogP contribution in [-0.4, -0.2) is 25.4 Å². The molecule has 0 aliphatic rings. The molecule has 0 aliphatic heterocycles. The minimum atomic E-state index is -0.836. The Hall–Kier alpha value is -2.37. The third-order valence-corrected chi connectivity index (χ3v) is 5.70. The Bertz CT molecular complexity index is 909. The molecule has 2 aromatic rings. The third kappa shape index (κ3) is 6.55. The lowest BCUT2D eigenvalue weighted by Gasteiger charge is -2.32. The van der Waals surface area contributed by atoms with E-state index in [2.05, 4.69) is 6.92 Å². The standard InChI is InChI=1S/C24H27Cl2NO4/c1-4-5-6-11-24(2,15-17-7-9-18(10-8-17)22(29)31-3)23(30)27(16-28)21-13-19(25)12-20(26)14-21/h7-10,12-14,16H,4-6,11,15H2,1-3H3. The molecule has 0 fully saturated rings. The zero-order chi connectivity index (χ0) is 23.0. The molecule has 2 rings (SSSR count). The van der Waals surface area contributed by atoms with Gasteiger partial charge in [-0.2, -0.15) is 0 Å². The molecule has 2 amide bonds. The Labute approximate surface area is 193 Å². The Balaban J connectivity index is 2.36. The predicted octanol–water partition coefficient (Wildman–Crippen LogP) is 6.10. The highest BCUT2D eigenvalue weighted by molar-refractivity contribution is 6.35. The van der Waals surface area contributed by atoms with E-state index in [4.69, 9.17) is 27.9 Å². The van der Waals surface area contributed by atoms with Crippen LogP contribution >= 0.6 is 23.2 Å². The van der Waals surface area contributed by atoms with E-state index in [1.807, 2.05) is 6.92 Å². The molecular weight excluding hydrogens is 437 g/mol. The summed E-state index contributed by atoms with van der Waals surface area (Å²) in [7, 11) is 1.33. The summed E-state index contributed by atoms with van der Waals surface area (Å²) in [6, 6.07) is 11.6. The number of amides is 2.